The molecule has 0 aliphatic carbocycles. The van der Waals surface area contributed by atoms with E-state index < -0.39 is 11.7 Å². The SMILES string of the molecule is FC(F)(F)c1ccc2ncnn2c1. The van der Waals surface area contributed by atoms with Crippen molar-refractivity contribution in [2.75, 3.05) is 0 Å². The van der Waals surface area contributed by atoms with Gasteiger partial charge in [0.15, 0.2) is 5.65 Å². The van der Waals surface area contributed by atoms with Crippen LogP contribution in [0.1, 0.15) is 5.56 Å². The van der Waals surface area contributed by atoms with Gasteiger partial charge in [-0.25, -0.2) is 9.50 Å². The number of aromatic nitrogens is 3. The van der Waals surface area contributed by atoms with Crippen molar-refractivity contribution in [3.63, 3.8) is 0 Å². The second kappa shape index (κ2) is 2.45. The molecule has 6 heteroatoms. The second-order valence-electron chi connectivity index (χ2n) is 2.48. The highest BCUT2D eigenvalue weighted by Gasteiger charge is 2.30. The van der Waals surface area contributed by atoms with Crippen molar-refractivity contribution in [1.29, 1.82) is 0 Å². The zero-order valence-corrected chi connectivity index (χ0v) is 6.28. The number of hydrogen-bond acceptors (Lipinski definition) is 2. The fraction of sp³-hybridized carbons (Fsp3) is 0.143. The molecule has 0 spiro atoms. The summed E-state index contributed by atoms with van der Waals surface area (Å²) in [6.07, 6.45) is -2.22. The van der Waals surface area contributed by atoms with Crippen LogP contribution in [0.25, 0.3) is 5.65 Å². The van der Waals surface area contributed by atoms with E-state index >= 15 is 0 Å². The monoisotopic (exact) mass is 187 g/mol. The van der Waals surface area contributed by atoms with Crippen molar-refractivity contribution in [1.82, 2.24) is 14.6 Å². The Bertz CT molecular complexity index is 432. The molecule has 0 bridgehead atoms. The van der Waals surface area contributed by atoms with E-state index in [1.807, 2.05) is 0 Å². The van der Waals surface area contributed by atoms with E-state index in [-0.39, 0.29) is 0 Å². The van der Waals surface area contributed by atoms with Crippen LogP contribution in [0.5, 0.6) is 0 Å². The largest absolute Gasteiger partial charge is 0.417 e. The van der Waals surface area contributed by atoms with Crippen LogP contribution in [0, 0.1) is 0 Å². The van der Waals surface area contributed by atoms with E-state index in [4.69, 9.17) is 0 Å². The molecule has 2 rings (SSSR count). The standard InChI is InChI=1S/C7H4F3N3/c8-7(9,10)5-1-2-6-11-4-12-13(6)3-5/h1-4H. The molecule has 0 unspecified atom stereocenters. The predicted molar refractivity (Wildman–Crippen MR) is 38.0 cm³/mol. The van der Waals surface area contributed by atoms with Crippen LogP contribution < -0.4 is 0 Å². The van der Waals surface area contributed by atoms with Crippen LogP contribution in [-0.4, -0.2) is 14.6 Å². The third kappa shape index (κ3) is 1.34. The first-order valence-electron chi connectivity index (χ1n) is 3.44. The van der Waals surface area contributed by atoms with Crippen LogP contribution in [0.3, 0.4) is 0 Å². The number of nitrogens with zero attached hydrogens (tertiary/aromatic N) is 3. The van der Waals surface area contributed by atoms with E-state index in [1.54, 1.807) is 0 Å². The van der Waals surface area contributed by atoms with Gasteiger partial charge in [0.1, 0.15) is 6.33 Å². The predicted octanol–water partition coefficient (Wildman–Crippen LogP) is 1.75. The first-order valence-corrected chi connectivity index (χ1v) is 3.44. The highest BCUT2D eigenvalue weighted by atomic mass is 19.4. The van der Waals surface area contributed by atoms with Crippen LogP contribution >= 0.6 is 0 Å². The van der Waals surface area contributed by atoms with Gasteiger partial charge in [-0.05, 0) is 12.1 Å². The summed E-state index contributed by atoms with van der Waals surface area (Å²) < 4.78 is 37.6. The van der Waals surface area contributed by atoms with Gasteiger partial charge in [0.25, 0.3) is 0 Å². The van der Waals surface area contributed by atoms with Gasteiger partial charge >= 0.3 is 6.18 Å². The first kappa shape index (κ1) is 8.03. The minimum atomic E-state index is -4.33. The lowest BCUT2D eigenvalue weighted by molar-refractivity contribution is -0.137. The normalized spacial score (nSPS) is 12.2. The summed E-state index contributed by atoms with van der Waals surface area (Å²) in [6, 6.07) is 2.25. The molecule has 0 fully saturated rings. The third-order valence-corrected chi connectivity index (χ3v) is 1.60. The Hall–Kier alpha value is -1.59. The van der Waals surface area contributed by atoms with Crippen molar-refractivity contribution < 1.29 is 13.2 Å². The first-order chi connectivity index (χ1) is 6.07. The molecule has 0 saturated carbocycles. The molecule has 0 aliphatic heterocycles. The number of halogens is 3. The summed E-state index contributed by atoms with van der Waals surface area (Å²) >= 11 is 0. The van der Waals surface area contributed by atoms with Crippen LogP contribution in [0.4, 0.5) is 13.2 Å². The number of rotatable bonds is 0. The molecule has 13 heavy (non-hydrogen) atoms. The Morgan fingerprint density at radius 3 is 2.69 bits per heavy atom. The Morgan fingerprint density at radius 1 is 1.23 bits per heavy atom. The smallest absolute Gasteiger partial charge is 0.221 e. The number of pyridine rings is 1. The molecule has 3 nitrogen and oxygen atoms in total. The number of fused-ring (bicyclic) bond motifs is 1. The Morgan fingerprint density at radius 2 is 2.00 bits per heavy atom. The molecule has 0 radical (unpaired) electrons. The zero-order valence-electron chi connectivity index (χ0n) is 6.28. The van der Waals surface area contributed by atoms with Crippen molar-refractivity contribution in [3.8, 4) is 0 Å². The fourth-order valence-electron chi connectivity index (χ4n) is 0.985. The highest BCUT2D eigenvalue weighted by Crippen LogP contribution is 2.28. The molecular weight excluding hydrogens is 183 g/mol. The molecule has 0 atom stereocenters. The zero-order chi connectivity index (χ0) is 9.47. The quantitative estimate of drug-likeness (QED) is 0.628. The lowest BCUT2D eigenvalue weighted by atomic mass is 10.3. The molecule has 2 aromatic rings. The van der Waals surface area contributed by atoms with Gasteiger partial charge in [-0.15, -0.1) is 0 Å². The van der Waals surface area contributed by atoms with Crippen molar-refractivity contribution in [3.05, 3.63) is 30.2 Å². The summed E-state index contributed by atoms with van der Waals surface area (Å²) in [4.78, 5) is 3.73. The van der Waals surface area contributed by atoms with Crippen molar-refractivity contribution in [2.45, 2.75) is 6.18 Å². The van der Waals surface area contributed by atoms with Gasteiger partial charge in [-0.1, -0.05) is 0 Å². The Kier molecular flexibility index (Phi) is 1.51. The third-order valence-electron chi connectivity index (χ3n) is 1.60. The average Bonchev–Trinajstić information content (AvgIpc) is 2.47. The van der Waals surface area contributed by atoms with E-state index in [2.05, 4.69) is 10.1 Å². The summed E-state index contributed by atoms with van der Waals surface area (Å²) in [6.45, 7) is 0. The topological polar surface area (TPSA) is 30.2 Å². The van der Waals surface area contributed by atoms with Crippen molar-refractivity contribution in [2.24, 2.45) is 0 Å². The van der Waals surface area contributed by atoms with Crippen LogP contribution in [0.15, 0.2) is 24.7 Å². The summed E-state index contributed by atoms with van der Waals surface area (Å²) in [5.74, 6) is 0. The summed E-state index contributed by atoms with van der Waals surface area (Å²) in [5.41, 5.74) is -0.335. The maximum Gasteiger partial charge on any atom is 0.417 e. The minimum Gasteiger partial charge on any atom is -0.221 e. The average molecular weight is 187 g/mol. The van der Waals surface area contributed by atoms with E-state index in [0.717, 1.165) is 16.8 Å². The second-order valence-corrected chi connectivity index (χ2v) is 2.48. The maximum atomic E-state index is 12.2. The van der Waals surface area contributed by atoms with Crippen LogP contribution in [-0.2, 0) is 6.18 Å². The Balaban J connectivity index is 2.61. The molecule has 0 N–H and O–H groups in total. The molecule has 0 aromatic carbocycles. The van der Waals surface area contributed by atoms with Gasteiger partial charge in [-0.3, -0.25) is 0 Å². The summed E-state index contributed by atoms with van der Waals surface area (Å²) in [5, 5.41) is 3.60. The van der Waals surface area contributed by atoms with Crippen molar-refractivity contribution >= 4 is 5.65 Å². The lowest BCUT2D eigenvalue weighted by Gasteiger charge is -2.05. The highest BCUT2D eigenvalue weighted by molar-refractivity contribution is 5.37. The molecule has 0 aliphatic rings. The fourth-order valence-corrected chi connectivity index (χ4v) is 0.985. The van der Waals surface area contributed by atoms with Crippen LogP contribution in [0.2, 0.25) is 0 Å². The molecule has 2 aromatic heterocycles. The lowest BCUT2D eigenvalue weighted by Crippen LogP contribution is -2.06. The molecule has 0 amide bonds. The van der Waals surface area contributed by atoms with E-state index in [9.17, 15) is 13.2 Å². The summed E-state index contributed by atoms with van der Waals surface area (Å²) in [7, 11) is 0. The van der Waals surface area contributed by atoms with Gasteiger partial charge < -0.3 is 0 Å². The van der Waals surface area contributed by atoms with Gasteiger partial charge in [0.2, 0.25) is 0 Å². The minimum absolute atomic E-state index is 0.396. The Labute approximate surface area is 70.8 Å². The molecule has 68 valence electrons. The van der Waals surface area contributed by atoms with E-state index in [0.29, 0.717) is 5.65 Å². The molecule has 2 heterocycles. The molecular formula is C7H4F3N3. The maximum absolute atomic E-state index is 12.2. The van der Waals surface area contributed by atoms with E-state index in [1.165, 1.54) is 12.4 Å². The van der Waals surface area contributed by atoms with Gasteiger partial charge in [-0.2, -0.15) is 18.3 Å². The molecule has 0 saturated heterocycles. The van der Waals surface area contributed by atoms with Gasteiger partial charge in [0, 0.05) is 6.20 Å². The van der Waals surface area contributed by atoms with Gasteiger partial charge in [0.05, 0.1) is 5.56 Å². The number of hydrogen-bond donors (Lipinski definition) is 0. The number of alkyl halides is 3.